The molecule has 7 rings (SSSR count). The van der Waals surface area contributed by atoms with Crippen LogP contribution in [0.15, 0.2) is 136 Å². The fraction of sp³-hybridized carbons (Fsp3) is 0.111. The van der Waals surface area contributed by atoms with Crippen molar-refractivity contribution >= 4 is 68.1 Å². The molecule has 44 heavy (non-hydrogen) atoms. The Balaban J connectivity index is 1.12. The van der Waals surface area contributed by atoms with Crippen LogP contribution in [0.2, 0.25) is 0 Å². The molecule has 0 unspecified atom stereocenters. The fourth-order valence-corrected chi connectivity index (χ4v) is 8.33. The number of carbonyl (C=O) groups is 1. The number of aliphatic hydroxyl groups is 1. The molecule has 0 atom stereocenters. The number of ketones is 1. The number of nitrogens with zero attached hydrogens (tertiary/aromatic N) is 2. The highest BCUT2D eigenvalue weighted by Crippen LogP contribution is 2.39. The summed E-state index contributed by atoms with van der Waals surface area (Å²) in [6.07, 6.45) is 7.99. The maximum absolute atomic E-state index is 13.4. The number of rotatable bonds is 10. The van der Waals surface area contributed by atoms with Crippen LogP contribution in [0, 0.1) is 0 Å². The van der Waals surface area contributed by atoms with Gasteiger partial charge in [-0.05, 0) is 81.2 Å². The van der Waals surface area contributed by atoms with Gasteiger partial charge in [-0.25, -0.2) is 4.58 Å². The largest absolute Gasteiger partial charge is 0.506 e. The normalized spacial score (nSPS) is 14.5. The molecule has 1 N–H and O–H groups in total. The SMILES string of the molecule is O=C1C(=C2C=CC(=[N+](Cc3cccs3)Cc3cccs3)C=C2)C(O)=C1c1ccc(N(Cc2cccs2)Cc2cccs2)cc1. The first-order valence-electron chi connectivity index (χ1n) is 14.3. The predicted molar refractivity (Wildman–Crippen MR) is 186 cm³/mol. The number of Topliss-reactive ketones (excluding diaryl/α,β-unsaturated/α-hetero) is 1. The Morgan fingerprint density at radius 1 is 0.614 bits per heavy atom. The van der Waals surface area contributed by atoms with Gasteiger partial charge >= 0.3 is 0 Å². The van der Waals surface area contributed by atoms with Gasteiger partial charge in [-0.15, -0.1) is 45.3 Å². The molecule has 2 aliphatic carbocycles. The first-order valence-corrected chi connectivity index (χ1v) is 17.8. The molecule has 2 aliphatic rings. The Kier molecular flexibility index (Phi) is 8.39. The second-order valence-corrected chi connectivity index (χ2v) is 14.7. The van der Waals surface area contributed by atoms with E-state index in [2.05, 4.69) is 79.5 Å². The smallest absolute Gasteiger partial charge is 0.201 e. The van der Waals surface area contributed by atoms with Crippen molar-refractivity contribution in [1.29, 1.82) is 0 Å². The number of allylic oxidation sites excluding steroid dienone is 7. The van der Waals surface area contributed by atoms with Gasteiger partial charge in [-0.3, -0.25) is 4.79 Å². The third kappa shape index (κ3) is 6.12. The van der Waals surface area contributed by atoms with Gasteiger partial charge < -0.3 is 10.0 Å². The number of anilines is 1. The molecular formula is C36H29N2O2S4+. The lowest BCUT2D eigenvalue weighted by Gasteiger charge is -2.26. The van der Waals surface area contributed by atoms with E-state index in [1.165, 1.54) is 19.5 Å². The van der Waals surface area contributed by atoms with Crippen molar-refractivity contribution in [3.05, 3.63) is 161 Å². The van der Waals surface area contributed by atoms with Crippen molar-refractivity contribution < 1.29 is 14.5 Å². The standard InChI is InChI=1S/C36H28N2O2S4/c39-35-33(25-9-13-27(14-10-25)37(21-29-5-1-17-41-29)22-30-6-2-18-42-30)36(40)34(35)26-11-15-28(16-12-26)38(23-31-7-3-19-43-31)24-32-8-4-20-44-32/h1-20H,21-24H2/p+1. The molecule has 5 aromatic rings. The van der Waals surface area contributed by atoms with E-state index in [-0.39, 0.29) is 11.5 Å². The van der Waals surface area contributed by atoms with Gasteiger partial charge in [0.05, 0.1) is 34.0 Å². The summed E-state index contributed by atoms with van der Waals surface area (Å²) in [7, 11) is 0. The summed E-state index contributed by atoms with van der Waals surface area (Å²) in [5.41, 5.74) is 4.41. The number of hydrogen-bond acceptors (Lipinski definition) is 7. The van der Waals surface area contributed by atoms with Crippen molar-refractivity contribution in [2.24, 2.45) is 0 Å². The van der Waals surface area contributed by atoms with Crippen LogP contribution in [0.3, 0.4) is 0 Å². The van der Waals surface area contributed by atoms with E-state index in [4.69, 9.17) is 0 Å². The highest BCUT2D eigenvalue weighted by atomic mass is 32.1. The van der Waals surface area contributed by atoms with Crippen LogP contribution in [-0.2, 0) is 31.0 Å². The van der Waals surface area contributed by atoms with Crippen LogP contribution in [0.4, 0.5) is 5.69 Å². The minimum absolute atomic E-state index is 0.0681. The molecule has 1 aromatic carbocycles. The second kappa shape index (κ2) is 12.9. The number of benzene rings is 1. The van der Waals surface area contributed by atoms with Crippen LogP contribution in [0.5, 0.6) is 0 Å². The van der Waals surface area contributed by atoms with Gasteiger partial charge in [0.15, 0.2) is 13.1 Å². The molecule has 0 saturated heterocycles. The summed E-state index contributed by atoms with van der Waals surface area (Å²) >= 11 is 7.01. The molecule has 218 valence electrons. The third-order valence-electron chi connectivity index (χ3n) is 7.68. The number of thiophene rings is 4. The first-order chi connectivity index (χ1) is 21.6. The lowest BCUT2D eigenvalue weighted by Crippen LogP contribution is -2.24. The van der Waals surface area contributed by atoms with Crippen LogP contribution < -0.4 is 4.90 Å². The second-order valence-electron chi connectivity index (χ2n) is 10.6. The summed E-state index contributed by atoms with van der Waals surface area (Å²) in [5.74, 6) is -0.0513. The van der Waals surface area contributed by atoms with Gasteiger partial charge in [0, 0.05) is 27.6 Å². The minimum atomic E-state index is -0.119. The monoisotopic (exact) mass is 649 g/mol. The molecule has 4 nitrogen and oxygen atoms in total. The van der Waals surface area contributed by atoms with Crippen molar-refractivity contribution in [1.82, 2.24) is 0 Å². The fourth-order valence-electron chi connectivity index (χ4n) is 5.46. The van der Waals surface area contributed by atoms with Crippen molar-refractivity contribution in [3.63, 3.8) is 0 Å². The Hall–Kier alpha value is -4.08. The summed E-state index contributed by atoms with van der Waals surface area (Å²) in [4.78, 5) is 20.9. The van der Waals surface area contributed by atoms with E-state index in [9.17, 15) is 9.90 Å². The maximum Gasteiger partial charge on any atom is 0.201 e. The Morgan fingerprint density at radius 2 is 1.11 bits per heavy atom. The van der Waals surface area contributed by atoms with E-state index in [1.54, 1.807) is 45.3 Å². The van der Waals surface area contributed by atoms with Crippen LogP contribution in [0.1, 0.15) is 25.1 Å². The van der Waals surface area contributed by atoms with E-state index >= 15 is 0 Å². The van der Waals surface area contributed by atoms with Gasteiger partial charge in [0.2, 0.25) is 11.5 Å². The highest BCUT2D eigenvalue weighted by Gasteiger charge is 2.36. The number of carbonyl (C=O) groups excluding carboxylic acids is 1. The van der Waals surface area contributed by atoms with Crippen LogP contribution >= 0.6 is 45.3 Å². The van der Waals surface area contributed by atoms with Crippen LogP contribution in [-0.4, -0.2) is 21.2 Å². The molecule has 0 fully saturated rings. The zero-order valence-electron chi connectivity index (χ0n) is 23.8. The van der Waals surface area contributed by atoms with Gasteiger partial charge in [0.1, 0.15) is 5.76 Å². The van der Waals surface area contributed by atoms with Gasteiger partial charge in [-0.2, -0.15) is 0 Å². The molecule has 8 heteroatoms. The van der Waals surface area contributed by atoms with Crippen molar-refractivity contribution in [2.45, 2.75) is 26.2 Å². The Labute approximate surface area is 272 Å². The summed E-state index contributed by atoms with van der Waals surface area (Å²) < 4.78 is 2.34. The predicted octanol–water partition coefficient (Wildman–Crippen LogP) is 9.27. The molecule has 4 heterocycles. The Morgan fingerprint density at radius 3 is 1.57 bits per heavy atom. The lowest BCUT2D eigenvalue weighted by atomic mass is 9.80. The first kappa shape index (κ1) is 28.7. The highest BCUT2D eigenvalue weighted by molar-refractivity contribution is 7.10. The summed E-state index contributed by atoms with van der Waals surface area (Å²) in [6, 6.07) is 24.9. The molecule has 0 spiro atoms. The van der Waals surface area contributed by atoms with Gasteiger partial charge in [-0.1, -0.05) is 36.4 Å². The molecule has 0 amide bonds. The topological polar surface area (TPSA) is 43.6 Å². The summed E-state index contributed by atoms with van der Waals surface area (Å²) in [6.45, 7) is 3.25. The molecule has 4 aromatic heterocycles. The maximum atomic E-state index is 13.4. The zero-order valence-corrected chi connectivity index (χ0v) is 27.0. The Bertz CT molecular complexity index is 1810. The van der Waals surface area contributed by atoms with E-state index in [0.717, 1.165) is 48.7 Å². The number of aliphatic hydroxyl groups excluding tert-OH is 1. The number of hydrogen-bond donors (Lipinski definition) is 1. The molecule has 0 bridgehead atoms. The molecule has 0 aliphatic heterocycles. The van der Waals surface area contributed by atoms with Crippen molar-refractivity contribution in [3.8, 4) is 0 Å². The van der Waals surface area contributed by atoms with E-state index in [1.807, 2.05) is 48.6 Å². The van der Waals surface area contributed by atoms with E-state index in [0.29, 0.717) is 11.1 Å². The molecule has 0 saturated carbocycles. The average molecular weight is 650 g/mol. The quantitative estimate of drug-likeness (QED) is 0.121. The zero-order chi connectivity index (χ0) is 29.9. The third-order valence-corrected chi connectivity index (χ3v) is 11.1. The van der Waals surface area contributed by atoms with Crippen LogP contribution in [0.25, 0.3) is 5.57 Å². The molecule has 0 radical (unpaired) electrons. The van der Waals surface area contributed by atoms with Crippen molar-refractivity contribution in [2.75, 3.05) is 4.90 Å². The lowest BCUT2D eigenvalue weighted by molar-refractivity contribution is -0.557. The molecular weight excluding hydrogens is 621 g/mol. The van der Waals surface area contributed by atoms with Gasteiger partial charge in [0.25, 0.3) is 0 Å². The van der Waals surface area contributed by atoms with E-state index < -0.39 is 0 Å². The summed E-state index contributed by atoms with van der Waals surface area (Å²) in [5, 5.41) is 19.5. The minimum Gasteiger partial charge on any atom is -0.506 e. The average Bonchev–Trinajstić information content (AvgIpc) is 3.88.